The van der Waals surface area contributed by atoms with Crippen LogP contribution >= 0.6 is 11.6 Å². The Bertz CT molecular complexity index is 764. The van der Waals surface area contributed by atoms with Gasteiger partial charge in [0.1, 0.15) is 30.5 Å². The zero-order valence-corrected chi connectivity index (χ0v) is 14.5. The molecule has 26 heavy (non-hydrogen) atoms. The van der Waals surface area contributed by atoms with Gasteiger partial charge in [0.05, 0.1) is 6.42 Å². The van der Waals surface area contributed by atoms with E-state index in [9.17, 15) is 13.6 Å². The molecule has 0 N–H and O–H groups in total. The summed E-state index contributed by atoms with van der Waals surface area (Å²) in [6.07, 6.45) is -0.481. The van der Waals surface area contributed by atoms with Crippen LogP contribution in [0.2, 0.25) is 5.02 Å². The maximum Gasteiger partial charge on any atom is 0.306 e. The zero-order chi connectivity index (χ0) is 18.6. The lowest BCUT2D eigenvalue weighted by atomic mass is 10.3. The number of carbonyl (C=O) groups excluding carboxylic acids is 1. The molecular formula is C19H17ClF2O4. The molecule has 0 heterocycles. The first-order chi connectivity index (χ1) is 12.4. The monoisotopic (exact) mass is 382 g/mol. The van der Waals surface area contributed by atoms with E-state index < -0.39 is 17.8 Å². The highest BCUT2D eigenvalue weighted by Crippen LogP contribution is 2.50. The van der Waals surface area contributed by atoms with Crippen molar-refractivity contribution >= 4 is 17.6 Å². The number of rotatable bonds is 8. The lowest BCUT2D eigenvalue weighted by Gasteiger charge is -2.09. The van der Waals surface area contributed by atoms with Gasteiger partial charge in [-0.25, -0.2) is 8.78 Å². The molecule has 7 heteroatoms. The molecule has 1 saturated carbocycles. The molecule has 1 unspecified atom stereocenters. The first kappa shape index (κ1) is 18.5. The summed E-state index contributed by atoms with van der Waals surface area (Å²) in [5, 5.41) is 0.586. The van der Waals surface area contributed by atoms with Gasteiger partial charge in [-0.05, 0) is 42.5 Å². The molecule has 0 radical (unpaired) electrons. The van der Waals surface area contributed by atoms with E-state index in [0.717, 1.165) is 0 Å². The Morgan fingerprint density at radius 2 is 1.77 bits per heavy atom. The molecule has 138 valence electrons. The van der Waals surface area contributed by atoms with Crippen molar-refractivity contribution in [3.8, 4) is 17.2 Å². The molecular weight excluding hydrogens is 366 g/mol. The molecule has 1 atom stereocenters. The second kappa shape index (κ2) is 7.91. The van der Waals surface area contributed by atoms with Gasteiger partial charge in [0.2, 0.25) is 0 Å². The standard InChI is InChI=1S/C19H17ClF2O4/c20-14-2-1-3-17(11-14)26-16-6-4-15(5-7-16)24-8-9-25-18(23)10-13-12-19(13,21)22/h1-7,11,13H,8-10,12H2. The highest BCUT2D eigenvalue weighted by molar-refractivity contribution is 6.30. The summed E-state index contributed by atoms with van der Waals surface area (Å²) in [7, 11) is 0. The maximum atomic E-state index is 12.7. The first-order valence-electron chi connectivity index (χ1n) is 8.12. The second-order valence-corrected chi connectivity index (χ2v) is 6.40. The minimum Gasteiger partial charge on any atom is -0.490 e. The number of benzene rings is 2. The molecule has 1 fully saturated rings. The normalized spacial score (nSPS) is 17.4. The molecule has 3 rings (SSSR count). The Labute approximate surface area is 154 Å². The van der Waals surface area contributed by atoms with Crippen molar-refractivity contribution in [2.24, 2.45) is 5.92 Å². The minimum absolute atomic E-state index is 0.0118. The molecule has 0 aliphatic heterocycles. The van der Waals surface area contributed by atoms with E-state index >= 15 is 0 Å². The number of hydrogen-bond donors (Lipinski definition) is 0. The van der Waals surface area contributed by atoms with Gasteiger partial charge in [-0.15, -0.1) is 0 Å². The lowest BCUT2D eigenvalue weighted by Crippen LogP contribution is -2.13. The largest absolute Gasteiger partial charge is 0.490 e. The fraction of sp³-hybridized carbons (Fsp3) is 0.316. The third kappa shape index (κ3) is 5.33. The van der Waals surface area contributed by atoms with E-state index in [-0.39, 0.29) is 26.1 Å². The van der Waals surface area contributed by atoms with Gasteiger partial charge in [-0.3, -0.25) is 4.79 Å². The molecule has 4 nitrogen and oxygen atoms in total. The van der Waals surface area contributed by atoms with E-state index in [0.29, 0.717) is 22.3 Å². The molecule has 1 aliphatic rings. The van der Waals surface area contributed by atoms with Gasteiger partial charge in [0.15, 0.2) is 0 Å². The molecule has 0 saturated heterocycles. The van der Waals surface area contributed by atoms with Crippen LogP contribution in [0.15, 0.2) is 48.5 Å². The van der Waals surface area contributed by atoms with Crippen LogP contribution in [-0.4, -0.2) is 25.1 Å². The van der Waals surface area contributed by atoms with Crippen molar-refractivity contribution < 1.29 is 27.8 Å². The van der Waals surface area contributed by atoms with Crippen molar-refractivity contribution in [3.05, 3.63) is 53.6 Å². The van der Waals surface area contributed by atoms with Crippen molar-refractivity contribution in [2.45, 2.75) is 18.8 Å². The van der Waals surface area contributed by atoms with Crippen LogP contribution in [0.5, 0.6) is 17.2 Å². The average Bonchev–Trinajstić information content (AvgIpc) is 3.19. The van der Waals surface area contributed by atoms with E-state index in [1.165, 1.54) is 0 Å². The average molecular weight is 383 g/mol. The van der Waals surface area contributed by atoms with Crippen molar-refractivity contribution in [2.75, 3.05) is 13.2 Å². The number of esters is 1. The molecule has 2 aromatic carbocycles. The topological polar surface area (TPSA) is 44.8 Å². The fourth-order valence-electron chi connectivity index (χ4n) is 2.34. The van der Waals surface area contributed by atoms with Crippen LogP contribution in [0.25, 0.3) is 0 Å². The highest BCUT2D eigenvalue weighted by Gasteiger charge is 2.57. The minimum atomic E-state index is -2.70. The molecule has 0 bridgehead atoms. The van der Waals surface area contributed by atoms with Crippen LogP contribution in [0.3, 0.4) is 0 Å². The SMILES string of the molecule is O=C(CC1CC1(F)F)OCCOc1ccc(Oc2cccc(Cl)c2)cc1. The predicted molar refractivity (Wildman–Crippen MR) is 92.1 cm³/mol. The molecule has 2 aromatic rings. The van der Waals surface area contributed by atoms with E-state index in [4.69, 9.17) is 25.8 Å². The van der Waals surface area contributed by atoms with Gasteiger partial charge in [-0.2, -0.15) is 0 Å². The summed E-state index contributed by atoms with van der Waals surface area (Å²) < 4.78 is 41.4. The van der Waals surface area contributed by atoms with E-state index in [1.54, 1.807) is 48.5 Å². The van der Waals surface area contributed by atoms with E-state index in [2.05, 4.69) is 0 Å². The van der Waals surface area contributed by atoms with E-state index in [1.807, 2.05) is 0 Å². The number of hydrogen-bond acceptors (Lipinski definition) is 4. The smallest absolute Gasteiger partial charge is 0.306 e. The molecule has 0 spiro atoms. The van der Waals surface area contributed by atoms with Crippen LogP contribution in [0, 0.1) is 5.92 Å². The second-order valence-electron chi connectivity index (χ2n) is 5.97. The summed E-state index contributed by atoms with van der Waals surface area (Å²) >= 11 is 5.90. The molecule has 0 amide bonds. The number of alkyl halides is 2. The Hall–Kier alpha value is -2.34. The third-order valence-electron chi connectivity index (χ3n) is 3.84. The van der Waals surface area contributed by atoms with Crippen LogP contribution in [0.1, 0.15) is 12.8 Å². The van der Waals surface area contributed by atoms with Crippen LogP contribution in [0.4, 0.5) is 8.78 Å². The summed E-state index contributed by atoms with van der Waals surface area (Å²) in [4.78, 5) is 11.4. The van der Waals surface area contributed by atoms with Crippen molar-refractivity contribution in [1.29, 1.82) is 0 Å². The molecule has 1 aliphatic carbocycles. The van der Waals surface area contributed by atoms with Gasteiger partial charge in [-0.1, -0.05) is 17.7 Å². The number of ether oxygens (including phenoxy) is 3. The van der Waals surface area contributed by atoms with Gasteiger partial charge in [0, 0.05) is 17.4 Å². The summed E-state index contributed by atoms with van der Waals surface area (Å²) in [5.41, 5.74) is 0. The van der Waals surface area contributed by atoms with Crippen molar-refractivity contribution in [1.82, 2.24) is 0 Å². The Morgan fingerprint density at radius 1 is 1.08 bits per heavy atom. The summed E-state index contributed by atoms with van der Waals surface area (Å²) in [6, 6.07) is 13.9. The lowest BCUT2D eigenvalue weighted by molar-refractivity contribution is -0.145. The Kier molecular flexibility index (Phi) is 5.61. The quantitative estimate of drug-likeness (QED) is 0.470. The number of carbonyl (C=O) groups is 1. The fourth-order valence-corrected chi connectivity index (χ4v) is 2.52. The highest BCUT2D eigenvalue weighted by atomic mass is 35.5. The predicted octanol–water partition coefficient (Wildman–Crippen LogP) is 5.10. The van der Waals surface area contributed by atoms with Gasteiger partial charge in [0.25, 0.3) is 5.92 Å². The van der Waals surface area contributed by atoms with Gasteiger partial charge >= 0.3 is 5.97 Å². The van der Waals surface area contributed by atoms with Crippen LogP contribution < -0.4 is 9.47 Å². The Morgan fingerprint density at radius 3 is 2.42 bits per heavy atom. The number of halogens is 3. The van der Waals surface area contributed by atoms with Gasteiger partial charge < -0.3 is 14.2 Å². The van der Waals surface area contributed by atoms with Crippen molar-refractivity contribution in [3.63, 3.8) is 0 Å². The summed E-state index contributed by atoms with van der Waals surface area (Å²) in [6.45, 7) is 0.152. The first-order valence-corrected chi connectivity index (χ1v) is 8.50. The molecule has 0 aromatic heterocycles. The van der Waals surface area contributed by atoms with Crippen LogP contribution in [-0.2, 0) is 9.53 Å². The zero-order valence-electron chi connectivity index (χ0n) is 13.8. The Balaban J connectivity index is 1.37. The summed E-state index contributed by atoms with van der Waals surface area (Å²) in [5.74, 6) is -2.38. The third-order valence-corrected chi connectivity index (χ3v) is 4.07. The maximum absolute atomic E-state index is 12.7.